The van der Waals surface area contributed by atoms with Crippen molar-refractivity contribution in [1.82, 2.24) is 15.0 Å². The lowest BCUT2D eigenvalue weighted by atomic mass is 10.3. The number of alkyl halides is 3. The fraction of sp³-hybridized carbons (Fsp3) is 0.231. The monoisotopic (exact) mass is 397 g/mol. The minimum atomic E-state index is -4.71. The lowest BCUT2D eigenvalue weighted by Gasteiger charge is -2.10. The Labute approximate surface area is 148 Å². The Kier molecular flexibility index (Phi) is 5.89. The van der Waals surface area contributed by atoms with E-state index >= 15 is 0 Å². The van der Waals surface area contributed by atoms with Crippen LogP contribution in [-0.2, 0) is 16.7 Å². The quantitative estimate of drug-likeness (QED) is 0.432. The molecule has 0 aromatic carbocycles. The predicted octanol–water partition coefficient (Wildman–Crippen LogP) is 4.41. The Bertz CT molecular complexity index is 754. The summed E-state index contributed by atoms with van der Waals surface area (Å²) in [6.45, 7) is 1.05. The van der Waals surface area contributed by atoms with Crippen LogP contribution in [0.5, 0.6) is 5.88 Å². The molecule has 0 aliphatic carbocycles. The SMILES string of the molecule is CC(=O)Oc1cc(C(F)(F)F)nc(SCc2c(Cl)cncc2Cl)n1. The molecule has 0 unspecified atom stereocenters. The number of ether oxygens (including phenoxy) is 1. The average Bonchev–Trinajstić information content (AvgIpc) is 2.45. The van der Waals surface area contributed by atoms with Gasteiger partial charge in [-0.1, -0.05) is 35.0 Å². The third-order valence-electron chi connectivity index (χ3n) is 2.52. The van der Waals surface area contributed by atoms with Gasteiger partial charge in [0, 0.05) is 36.7 Å². The van der Waals surface area contributed by atoms with E-state index in [0.717, 1.165) is 18.7 Å². The number of nitrogens with zero attached hydrogens (tertiary/aromatic N) is 3. The molecule has 24 heavy (non-hydrogen) atoms. The number of halogens is 5. The van der Waals surface area contributed by atoms with E-state index in [1.807, 2.05) is 0 Å². The van der Waals surface area contributed by atoms with Gasteiger partial charge in [-0.25, -0.2) is 4.98 Å². The molecule has 0 N–H and O–H groups in total. The Hall–Kier alpha value is -1.58. The van der Waals surface area contributed by atoms with Crippen LogP contribution in [-0.4, -0.2) is 20.9 Å². The van der Waals surface area contributed by atoms with Crippen molar-refractivity contribution >= 4 is 40.9 Å². The second-order valence-electron chi connectivity index (χ2n) is 4.34. The Morgan fingerprint density at radius 1 is 1.25 bits per heavy atom. The van der Waals surface area contributed by atoms with Crippen molar-refractivity contribution in [2.24, 2.45) is 0 Å². The fourth-order valence-corrected chi connectivity index (χ4v) is 3.08. The maximum absolute atomic E-state index is 12.9. The zero-order valence-corrected chi connectivity index (χ0v) is 14.2. The van der Waals surface area contributed by atoms with Crippen LogP contribution < -0.4 is 4.74 Å². The maximum atomic E-state index is 12.9. The number of thioether (sulfide) groups is 1. The summed E-state index contributed by atoms with van der Waals surface area (Å²) in [5, 5.41) is 0.300. The zero-order valence-electron chi connectivity index (χ0n) is 11.9. The molecule has 0 bridgehead atoms. The normalized spacial score (nSPS) is 11.4. The third-order valence-corrected chi connectivity index (χ3v) is 4.04. The van der Waals surface area contributed by atoms with Crippen molar-refractivity contribution in [3.63, 3.8) is 0 Å². The van der Waals surface area contributed by atoms with Gasteiger partial charge in [-0.2, -0.15) is 18.2 Å². The summed E-state index contributed by atoms with van der Waals surface area (Å²) >= 11 is 12.8. The Morgan fingerprint density at radius 2 is 1.88 bits per heavy atom. The van der Waals surface area contributed by atoms with Crippen LogP contribution in [0.25, 0.3) is 0 Å². The molecule has 2 rings (SSSR count). The summed E-state index contributed by atoms with van der Waals surface area (Å²) in [5.41, 5.74) is -0.739. The van der Waals surface area contributed by atoms with Gasteiger partial charge in [-0.05, 0) is 0 Å². The second-order valence-corrected chi connectivity index (χ2v) is 6.09. The van der Waals surface area contributed by atoms with Crippen LogP contribution in [0.1, 0.15) is 18.2 Å². The van der Waals surface area contributed by atoms with Crippen LogP contribution in [0.15, 0.2) is 23.6 Å². The minimum Gasteiger partial charge on any atom is -0.407 e. The van der Waals surface area contributed by atoms with Gasteiger partial charge in [0.05, 0.1) is 10.0 Å². The number of pyridine rings is 1. The Morgan fingerprint density at radius 3 is 2.42 bits per heavy atom. The van der Waals surface area contributed by atoms with Gasteiger partial charge in [-0.3, -0.25) is 9.78 Å². The van der Waals surface area contributed by atoms with Gasteiger partial charge in [0.1, 0.15) is 0 Å². The van der Waals surface area contributed by atoms with Crippen molar-refractivity contribution < 1.29 is 22.7 Å². The molecule has 0 atom stereocenters. The number of carbonyl (C=O) groups excluding carboxylic acids is 1. The van der Waals surface area contributed by atoms with Crippen LogP contribution >= 0.6 is 35.0 Å². The molecule has 0 spiro atoms. The summed E-state index contributed by atoms with van der Waals surface area (Å²) < 4.78 is 43.3. The van der Waals surface area contributed by atoms with Gasteiger partial charge in [0.2, 0.25) is 5.88 Å². The van der Waals surface area contributed by atoms with E-state index in [4.69, 9.17) is 23.2 Å². The Balaban J connectivity index is 2.30. The lowest BCUT2D eigenvalue weighted by Crippen LogP contribution is -2.12. The highest BCUT2D eigenvalue weighted by Gasteiger charge is 2.34. The van der Waals surface area contributed by atoms with E-state index in [1.54, 1.807) is 0 Å². The van der Waals surface area contributed by atoms with Gasteiger partial charge in [0.25, 0.3) is 0 Å². The van der Waals surface area contributed by atoms with Gasteiger partial charge >= 0.3 is 12.1 Å². The van der Waals surface area contributed by atoms with E-state index in [2.05, 4.69) is 19.7 Å². The molecular weight excluding hydrogens is 390 g/mol. The van der Waals surface area contributed by atoms with Crippen molar-refractivity contribution in [2.75, 3.05) is 0 Å². The smallest absolute Gasteiger partial charge is 0.407 e. The molecular formula is C13H8Cl2F3N3O2S. The first kappa shape index (κ1) is 18.8. The first-order valence-corrected chi connectivity index (χ1v) is 7.96. The molecule has 0 aliphatic heterocycles. The molecule has 0 saturated heterocycles. The number of esters is 1. The molecule has 0 aliphatic rings. The topological polar surface area (TPSA) is 65.0 Å². The van der Waals surface area contributed by atoms with Gasteiger partial charge in [0.15, 0.2) is 10.9 Å². The van der Waals surface area contributed by atoms with E-state index in [9.17, 15) is 18.0 Å². The first-order valence-electron chi connectivity index (χ1n) is 6.22. The maximum Gasteiger partial charge on any atom is 0.433 e. The molecule has 0 amide bonds. The number of hydrogen-bond donors (Lipinski definition) is 0. The standard InChI is InChI=1S/C13H8Cl2F3N3O2S/c1-6(22)23-11-2-10(13(16,17)18)20-12(21-11)24-5-7-8(14)3-19-4-9(7)15/h2-4H,5H2,1H3. The van der Waals surface area contributed by atoms with Crippen molar-refractivity contribution in [3.8, 4) is 5.88 Å². The fourth-order valence-electron chi connectivity index (χ4n) is 1.53. The highest BCUT2D eigenvalue weighted by molar-refractivity contribution is 7.98. The summed E-state index contributed by atoms with van der Waals surface area (Å²) in [7, 11) is 0. The molecule has 5 nitrogen and oxygen atoms in total. The summed E-state index contributed by atoms with van der Waals surface area (Å²) in [6.07, 6.45) is -1.99. The van der Waals surface area contributed by atoms with Gasteiger partial charge < -0.3 is 4.74 Å². The van der Waals surface area contributed by atoms with Crippen LogP contribution in [0.4, 0.5) is 13.2 Å². The molecule has 128 valence electrons. The summed E-state index contributed by atoms with van der Waals surface area (Å²) in [4.78, 5) is 21.9. The molecule has 0 radical (unpaired) electrons. The van der Waals surface area contributed by atoms with Crippen molar-refractivity contribution in [1.29, 1.82) is 0 Å². The average molecular weight is 398 g/mol. The highest BCUT2D eigenvalue weighted by Crippen LogP contribution is 2.33. The third kappa shape index (κ3) is 4.96. The van der Waals surface area contributed by atoms with E-state index in [-0.39, 0.29) is 21.0 Å². The van der Waals surface area contributed by atoms with E-state index in [0.29, 0.717) is 11.6 Å². The van der Waals surface area contributed by atoms with Crippen LogP contribution in [0.2, 0.25) is 10.0 Å². The largest absolute Gasteiger partial charge is 0.433 e. The van der Waals surface area contributed by atoms with Crippen LogP contribution in [0, 0.1) is 0 Å². The predicted molar refractivity (Wildman–Crippen MR) is 82.2 cm³/mol. The minimum absolute atomic E-state index is 0.112. The molecule has 2 heterocycles. The van der Waals surface area contributed by atoms with Gasteiger partial charge in [-0.15, -0.1) is 0 Å². The summed E-state index contributed by atoms with van der Waals surface area (Å²) in [6, 6.07) is 0.553. The summed E-state index contributed by atoms with van der Waals surface area (Å²) in [5.74, 6) is -1.17. The molecule has 2 aromatic rings. The van der Waals surface area contributed by atoms with E-state index in [1.165, 1.54) is 12.4 Å². The molecule has 0 saturated carbocycles. The molecule has 0 fully saturated rings. The van der Waals surface area contributed by atoms with Crippen molar-refractivity contribution in [3.05, 3.63) is 39.8 Å². The number of rotatable bonds is 4. The zero-order chi connectivity index (χ0) is 17.9. The number of aromatic nitrogens is 3. The number of hydrogen-bond acceptors (Lipinski definition) is 6. The van der Waals surface area contributed by atoms with Crippen LogP contribution in [0.3, 0.4) is 0 Å². The lowest BCUT2D eigenvalue weighted by molar-refractivity contribution is -0.142. The molecule has 2 aromatic heterocycles. The van der Waals surface area contributed by atoms with E-state index < -0.39 is 23.7 Å². The second kappa shape index (κ2) is 7.54. The van der Waals surface area contributed by atoms with Crippen molar-refractivity contribution in [2.45, 2.75) is 24.0 Å². The highest BCUT2D eigenvalue weighted by atomic mass is 35.5. The number of carbonyl (C=O) groups is 1. The first-order chi connectivity index (χ1) is 11.2. The molecule has 11 heteroatoms.